The van der Waals surface area contributed by atoms with Crippen LogP contribution in [0, 0.1) is 0 Å². The SMILES string of the molecule is CC(C)(C)OC(=O)N1CC[C@@H]1C(=O)NOC(C)(C)CO. The number of nitrogens with zero attached hydrogens (tertiary/aromatic N) is 1. The Kier molecular flexibility index (Phi) is 4.99. The van der Waals surface area contributed by atoms with Crippen molar-refractivity contribution in [3.05, 3.63) is 0 Å². The zero-order valence-electron chi connectivity index (χ0n) is 12.7. The van der Waals surface area contributed by atoms with Crippen molar-refractivity contribution >= 4 is 12.0 Å². The number of hydrogen-bond donors (Lipinski definition) is 2. The van der Waals surface area contributed by atoms with E-state index in [9.17, 15) is 9.59 Å². The second-order valence-electron chi connectivity index (χ2n) is 6.46. The van der Waals surface area contributed by atoms with Crippen LogP contribution in [-0.4, -0.2) is 52.4 Å². The molecule has 0 aromatic carbocycles. The normalized spacial score (nSPS) is 19.3. The van der Waals surface area contributed by atoms with E-state index in [1.807, 2.05) is 0 Å². The Labute approximate surface area is 119 Å². The Bertz CT molecular complexity index is 375. The highest BCUT2D eigenvalue weighted by molar-refractivity contribution is 5.86. The molecule has 0 bridgehead atoms. The summed E-state index contributed by atoms with van der Waals surface area (Å²) < 4.78 is 5.21. The summed E-state index contributed by atoms with van der Waals surface area (Å²) in [4.78, 5) is 30.2. The third-order valence-corrected chi connectivity index (χ3v) is 2.76. The molecule has 1 saturated heterocycles. The van der Waals surface area contributed by atoms with E-state index < -0.39 is 29.2 Å². The van der Waals surface area contributed by atoms with Gasteiger partial charge in [-0.25, -0.2) is 10.3 Å². The van der Waals surface area contributed by atoms with Crippen LogP contribution in [0.15, 0.2) is 0 Å². The second-order valence-corrected chi connectivity index (χ2v) is 6.46. The minimum atomic E-state index is -0.865. The van der Waals surface area contributed by atoms with Gasteiger partial charge in [-0.2, -0.15) is 0 Å². The number of likely N-dealkylation sites (tertiary alicyclic amines) is 1. The van der Waals surface area contributed by atoms with Crippen molar-refractivity contribution in [1.82, 2.24) is 10.4 Å². The average Bonchev–Trinajstić information content (AvgIpc) is 2.22. The number of aliphatic hydroxyl groups excluding tert-OH is 1. The monoisotopic (exact) mass is 288 g/mol. The largest absolute Gasteiger partial charge is 0.444 e. The number of rotatable bonds is 4. The van der Waals surface area contributed by atoms with Crippen LogP contribution in [0.2, 0.25) is 0 Å². The van der Waals surface area contributed by atoms with E-state index >= 15 is 0 Å². The first-order valence-electron chi connectivity index (χ1n) is 6.64. The quantitative estimate of drug-likeness (QED) is 0.748. The highest BCUT2D eigenvalue weighted by Crippen LogP contribution is 2.21. The van der Waals surface area contributed by atoms with Gasteiger partial charge in [-0.15, -0.1) is 0 Å². The number of hydroxylamine groups is 1. The topological polar surface area (TPSA) is 88.1 Å². The summed E-state index contributed by atoms with van der Waals surface area (Å²) in [6.45, 7) is 8.84. The molecule has 2 amide bonds. The zero-order valence-corrected chi connectivity index (χ0v) is 12.7. The van der Waals surface area contributed by atoms with Gasteiger partial charge in [-0.3, -0.25) is 14.5 Å². The van der Waals surface area contributed by atoms with Crippen molar-refractivity contribution in [2.24, 2.45) is 0 Å². The smallest absolute Gasteiger partial charge is 0.410 e. The molecule has 1 aliphatic rings. The van der Waals surface area contributed by atoms with Crippen molar-refractivity contribution in [2.45, 2.75) is 58.3 Å². The molecule has 1 fully saturated rings. The summed E-state index contributed by atoms with van der Waals surface area (Å²) in [6.07, 6.45) is 0.0545. The van der Waals surface area contributed by atoms with Crippen LogP contribution in [0.25, 0.3) is 0 Å². The predicted molar refractivity (Wildman–Crippen MR) is 71.7 cm³/mol. The Morgan fingerprint density at radius 3 is 2.30 bits per heavy atom. The summed E-state index contributed by atoms with van der Waals surface area (Å²) in [7, 11) is 0. The molecule has 1 atom stereocenters. The predicted octanol–water partition coefficient (Wildman–Crippen LogP) is 0.814. The van der Waals surface area contributed by atoms with Crippen molar-refractivity contribution < 1.29 is 24.3 Å². The first-order chi connectivity index (χ1) is 9.06. The van der Waals surface area contributed by atoms with E-state index in [2.05, 4.69) is 5.48 Å². The van der Waals surface area contributed by atoms with E-state index in [0.29, 0.717) is 13.0 Å². The molecular weight excluding hydrogens is 264 g/mol. The Morgan fingerprint density at radius 1 is 1.30 bits per heavy atom. The fraction of sp³-hybridized carbons (Fsp3) is 0.846. The summed E-state index contributed by atoms with van der Waals surface area (Å²) >= 11 is 0. The molecule has 20 heavy (non-hydrogen) atoms. The minimum Gasteiger partial charge on any atom is -0.444 e. The first kappa shape index (κ1) is 16.7. The van der Waals surface area contributed by atoms with E-state index in [0.717, 1.165) is 0 Å². The van der Waals surface area contributed by atoms with Crippen LogP contribution in [-0.2, 0) is 14.4 Å². The lowest BCUT2D eigenvalue weighted by Crippen LogP contribution is -2.59. The molecule has 0 saturated carbocycles. The van der Waals surface area contributed by atoms with Crippen molar-refractivity contribution in [1.29, 1.82) is 0 Å². The summed E-state index contributed by atoms with van der Waals surface area (Å²) in [6, 6.07) is -0.584. The number of amides is 2. The van der Waals surface area contributed by atoms with Gasteiger partial charge in [0.2, 0.25) is 0 Å². The standard InChI is InChI=1S/C13H24N2O5/c1-12(2,3)19-11(18)15-7-6-9(15)10(17)14-20-13(4,5)8-16/h9,16H,6-8H2,1-5H3,(H,14,17)/t9-/m1/s1. The van der Waals surface area contributed by atoms with Gasteiger partial charge < -0.3 is 9.84 Å². The Morgan fingerprint density at radius 2 is 1.90 bits per heavy atom. The van der Waals surface area contributed by atoms with Gasteiger partial charge in [0.15, 0.2) is 0 Å². The molecule has 1 aliphatic heterocycles. The van der Waals surface area contributed by atoms with Crippen molar-refractivity contribution in [3.8, 4) is 0 Å². The molecule has 7 nitrogen and oxygen atoms in total. The van der Waals surface area contributed by atoms with Gasteiger partial charge in [0.25, 0.3) is 5.91 Å². The lowest BCUT2D eigenvalue weighted by molar-refractivity contribution is -0.161. The van der Waals surface area contributed by atoms with Gasteiger partial charge in [0.1, 0.15) is 17.2 Å². The van der Waals surface area contributed by atoms with Gasteiger partial charge in [-0.1, -0.05) is 0 Å². The summed E-state index contributed by atoms with van der Waals surface area (Å²) in [5, 5.41) is 9.02. The van der Waals surface area contributed by atoms with E-state index in [-0.39, 0.29) is 6.61 Å². The van der Waals surface area contributed by atoms with E-state index in [1.54, 1.807) is 34.6 Å². The second kappa shape index (κ2) is 5.97. The molecule has 116 valence electrons. The molecule has 0 spiro atoms. The molecular formula is C13H24N2O5. The molecule has 1 rings (SSSR count). The third kappa shape index (κ3) is 4.64. The van der Waals surface area contributed by atoms with Gasteiger partial charge in [0, 0.05) is 6.54 Å². The van der Waals surface area contributed by atoms with Crippen LogP contribution in [0.5, 0.6) is 0 Å². The molecule has 2 N–H and O–H groups in total. The Balaban J connectivity index is 2.48. The number of hydrogen-bond acceptors (Lipinski definition) is 5. The number of ether oxygens (including phenoxy) is 1. The fourth-order valence-electron chi connectivity index (χ4n) is 1.49. The van der Waals surface area contributed by atoms with Gasteiger partial charge in [-0.05, 0) is 41.0 Å². The number of carbonyl (C=O) groups excluding carboxylic acids is 2. The molecule has 0 aliphatic carbocycles. The summed E-state index contributed by atoms with van der Waals surface area (Å²) in [5.74, 6) is -0.413. The van der Waals surface area contributed by atoms with Crippen LogP contribution in [0.4, 0.5) is 4.79 Å². The maximum atomic E-state index is 11.9. The van der Waals surface area contributed by atoms with Gasteiger partial charge in [0.05, 0.1) is 6.61 Å². The van der Waals surface area contributed by atoms with Crippen molar-refractivity contribution in [3.63, 3.8) is 0 Å². The molecule has 1 heterocycles. The van der Waals surface area contributed by atoms with E-state index in [4.69, 9.17) is 14.7 Å². The number of nitrogens with one attached hydrogen (secondary N) is 1. The molecule has 7 heteroatoms. The zero-order chi connectivity index (χ0) is 15.6. The highest BCUT2D eigenvalue weighted by Gasteiger charge is 2.40. The number of carbonyl (C=O) groups is 2. The minimum absolute atomic E-state index is 0.228. The molecule has 0 unspecified atom stereocenters. The van der Waals surface area contributed by atoms with Crippen LogP contribution in [0.1, 0.15) is 41.0 Å². The molecule has 0 radical (unpaired) electrons. The van der Waals surface area contributed by atoms with Crippen molar-refractivity contribution in [2.75, 3.05) is 13.2 Å². The van der Waals surface area contributed by atoms with Crippen LogP contribution < -0.4 is 5.48 Å². The molecule has 0 aromatic heterocycles. The van der Waals surface area contributed by atoms with E-state index in [1.165, 1.54) is 4.90 Å². The summed E-state index contributed by atoms with van der Waals surface area (Å²) in [5.41, 5.74) is 0.816. The lowest BCUT2D eigenvalue weighted by atomic mass is 10.0. The Hall–Kier alpha value is -1.34. The maximum absolute atomic E-state index is 11.9. The van der Waals surface area contributed by atoms with Gasteiger partial charge >= 0.3 is 6.09 Å². The first-order valence-corrected chi connectivity index (χ1v) is 6.64. The average molecular weight is 288 g/mol. The lowest BCUT2D eigenvalue weighted by Gasteiger charge is -2.40. The van der Waals surface area contributed by atoms with Crippen LogP contribution >= 0.6 is 0 Å². The fourth-order valence-corrected chi connectivity index (χ4v) is 1.49. The number of aliphatic hydroxyl groups is 1. The molecule has 0 aromatic rings. The highest BCUT2D eigenvalue weighted by atomic mass is 16.7. The third-order valence-electron chi connectivity index (χ3n) is 2.76. The van der Waals surface area contributed by atoms with Crippen LogP contribution in [0.3, 0.4) is 0 Å². The maximum Gasteiger partial charge on any atom is 0.410 e.